The van der Waals surface area contributed by atoms with Gasteiger partial charge in [0.2, 0.25) is 0 Å². The molecule has 0 aromatic heterocycles. The first kappa shape index (κ1) is 19.8. The predicted octanol–water partition coefficient (Wildman–Crippen LogP) is 8.59. The molecule has 0 fully saturated rings. The molecule has 0 aliphatic heterocycles. The van der Waals surface area contributed by atoms with E-state index in [0.717, 1.165) is 16.4 Å². The Hall–Kier alpha value is -3.55. The van der Waals surface area contributed by atoms with Gasteiger partial charge < -0.3 is 5.32 Å². The molecule has 5 aromatic carbocycles. The normalized spacial score (nSPS) is 10.2. The van der Waals surface area contributed by atoms with E-state index in [4.69, 9.17) is 11.6 Å². The molecule has 146 valence electrons. The van der Waals surface area contributed by atoms with Crippen LogP contribution in [0.3, 0.4) is 0 Å². The summed E-state index contributed by atoms with van der Waals surface area (Å²) in [6.07, 6.45) is 0. The van der Waals surface area contributed by atoms with Gasteiger partial charge in [-0.2, -0.15) is 0 Å². The summed E-state index contributed by atoms with van der Waals surface area (Å²) >= 11 is 5.80. The van der Waals surface area contributed by atoms with E-state index in [1.807, 2.05) is 60.7 Å². The minimum atomic E-state index is 0.777. The Morgan fingerprint density at radius 2 is 1.03 bits per heavy atom. The summed E-state index contributed by atoms with van der Waals surface area (Å²) in [4.78, 5) is 0. The fraction of sp³-hybridized carbons (Fsp3) is 0. The van der Waals surface area contributed by atoms with Crippen molar-refractivity contribution < 1.29 is 0 Å². The van der Waals surface area contributed by atoms with Gasteiger partial charge in [0.25, 0.3) is 0 Å². The van der Waals surface area contributed by atoms with E-state index in [9.17, 15) is 0 Å². The smallest absolute Gasteiger partial charge is 0.0463 e. The average Bonchev–Trinajstić information content (AvgIpc) is 2.82. The van der Waals surface area contributed by atoms with Gasteiger partial charge in [0, 0.05) is 21.8 Å². The van der Waals surface area contributed by atoms with Crippen LogP contribution in [0.25, 0.3) is 21.9 Å². The van der Waals surface area contributed by atoms with Crippen molar-refractivity contribution in [2.45, 2.75) is 0 Å². The van der Waals surface area contributed by atoms with Crippen LogP contribution >= 0.6 is 11.6 Å². The van der Waals surface area contributed by atoms with Crippen molar-refractivity contribution in [3.05, 3.63) is 132 Å². The number of hydrogen-bond donors (Lipinski definition) is 1. The van der Waals surface area contributed by atoms with E-state index >= 15 is 0 Å². The minimum absolute atomic E-state index is 0.777. The lowest BCUT2D eigenvalue weighted by atomic mass is 10.1. The van der Waals surface area contributed by atoms with E-state index in [0.29, 0.717) is 0 Å². The van der Waals surface area contributed by atoms with Gasteiger partial charge in [-0.15, -0.1) is 0 Å². The van der Waals surface area contributed by atoms with E-state index in [1.165, 1.54) is 21.9 Å². The summed E-state index contributed by atoms with van der Waals surface area (Å²) in [6, 6.07) is 43.1. The second-order valence-corrected chi connectivity index (χ2v) is 7.33. The Labute approximate surface area is 182 Å². The molecule has 0 unspecified atom stereocenters. The first-order chi connectivity index (χ1) is 14.8. The summed E-state index contributed by atoms with van der Waals surface area (Å²) in [5, 5.41) is 6.73. The molecule has 1 nitrogen and oxygen atoms in total. The maximum atomic E-state index is 5.80. The third-order valence-corrected chi connectivity index (χ3v) is 5.05. The maximum absolute atomic E-state index is 5.80. The first-order valence-electron chi connectivity index (χ1n) is 9.90. The third kappa shape index (κ3) is 5.08. The molecule has 0 spiro atoms. The molecule has 30 heavy (non-hydrogen) atoms. The standard InChI is InChI=1S/C16H13N.C12H9Cl/c1-2-9-14(10-3-1)17-16-12-6-8-13-7-4-5-11-15(13)16;13-12-8-6-11(7-9-12)10-4-2-1-3-5-10/h1-12,17H;1-9H. The number of halogens is 1. The minimum Gasteiger partial charge on any atom is -0.355 e. The Bertz CT molecular complexity index is 1190. The molecule has 0 aliphatic rings. The molecular formula is C28H22ClN. The van der Waals surface area contributed by atoms with E-state index < -0.39 is 0 Å². The molecule has 0 saturated carbocycles. The highest BCUT2D eigenvalue weighted by Crippen LogP contribution is 2.26. The zero-order valence-corrected chi connectivity index (χ0v) is 17.3. The highest BCUT2D eigenvalue weighted by atomic mass is 35.5. The number of nitrogens with one attached hydrogen (secondary N) is 1. The van der Waals surface area contributed by atoms with Crippen LogP contribution in [0.15, 0.2) is 127 Å². The van der Waals surface area contributed by atoms with Crippen molar-refractivity contribution in [3.8, 4) is 11.1 Å². The topological polar surface area (TPSA) is 12.0 Å². The molecule has 1 N–H and O–H groups in total. The Morgan fingerprint density at radius 1 is 0.467 bits per heavy atom. The fourth-order valence-corrected chi connectivity index (χ4v) is 3.41. The zero-order valence-electron chi connectivity index (χ0n) is 16.5. The second-order valence-electron chi connectivity index (χ2n) is 6.89. The van der Waals surface area contributed by atoms with Crippen LogP contribution in [-0.4, -0.2) is 0 Å². The van der Waals surface area contributed by atoms with E-state index in [2.05, 4.69) is 72.0 Å². The van der Waals surface area contributed by atoms with Crippen molar-refractivity contribution >= 4 is 33.7 Å². The Kier molecular flexibility index (Phi) is 6.44. The van der Waals surface area contributed by atoms with Gasteiger partial charge in [-0.3, -0.25) is 0 Å². The largest absolute Gasteiger partial charge is 0.355 e. The number of rotatable bonds is 3. The van der Waals surface area contributed by atoms with Crippen molar-refractivity contribution in [2.75, 3.05) is 5.32 Å². The lowest BCUT2D eigenvalue weighted by Crippen LogP contribution is -1.90. The molecule has 0 heterocycles. The van der Waals surface area contributed by atoms with E-state index in [1.54, 1.807) is 0 Å². The van der Waals surface area contributed by atoms with Crippen molar-refractivity contribution in [1.29, 1.82) is 0 Å². The van der Waals surface area contributed by atoms with Gasteiger partial charge in [-0.25, -0.2) is 0 Å². The maximum Gasteiger partial charge on any atom is 0.0463 e. The highest BCUT2D eigenvalue weighted by Gasteiger charge is 1.99. The number of anilines is 2. The van der Waals surface area contributed by atoms with Crippen LogP contribution in [0.4, 0.5) is 11.4 Å². The van der Waals surface area contributed by atoms with Crippen LogP contribution < -0.4 is 5.32 Å². The van der Waals surface area contributed by atoms with Crippen LogP contribution in [0.2, 0.25) is 5.02 Å². The molecule has 0 saturated heterocycles. The predicted molar refractivity (Wildman–Crippen MR) is 131 cm³/mol. The lowest BCUT2D eigenvalue weighted by molar-refractivity contribution is 1.58. The monoisotopic (exact) mass is 407 g/mol. The molecule has 0 atom stereocenters. The van der Waals surface area contributed by atoms with E-state index in [-0.39, 0.29) is 0 Å². The van der Waals surface area contributed by atoms with Crippen molar-refractivity contribution in [3.63, 3.8) is 0 Å². The molecule has 0 bridgehead atoms. The number of para-hydroxylation sites is 1. The SMILES string of the molecule is Clc1ccc(-c2ccccc2)cc1.c1ccc(Nc2cccc3ccccc23)cc1. The third-order valence-electron chi connectivity index (χ3n) is 4.79. The van der Waals surface area contributed by atoms with Crippen LogP contribution in [0, 0.1) is 0 Å². The van der Waals surface area contributed by atoms with Gasteiger partial charge in [-0.1, -0.05) is 109 Å². The van der Waals surface area contributed by atoms with Gasteiger partial charge in [0.05, 0.1) is 0 Å². The van der Waals surface area contributed by atoms with Gasteiger partial charge in [0.1, 0.15) is 0 Å². The zero-order chi connectivity index (χ0) is 20.6. The first-order valence-corrected chi connectivity index (χ1v) is 10.3. The molecule has 2 heteroatoms. The van der Waals surface area contributed by atoms with Crippen LogP contribution in [0.1, 0.15) is 0 Å². The van der Waals surface area contributed by atoms with Gasteiger partial charge in [-0.05, 0) is 46.8 Å². The van der Waals surface area contributed by atoms with Crippen LogP contribution in [-0.2, 0) is 0 Å². The molecule has 0 aliphatic carbocycles. The van der Waals surface area contributed by atoms with Crippen molar-refractivity contribution in [1.82, 2.24) is 0 Å². The van der Waals surface area contributed by atoms with Crippen molar-refractivity contribution in [2.24, 2.45) is 0 Å². The quantitative estimate of drug-likeness (QED) is 0.315. The summed E-state index contributed by atoms with van der Waals surface area (Å²) in [5.41, 5.74) is 4.68. The molecular weight excluding hydrogens is 386 g/mol. The Balaban J connectivity index is 0.000000151. The summed E-state index contributed by atoms with van der Waals surface area (Å²) < 4.78 is 0. The molecule has 0 amide bonds. The summed E-state index contributed by atoms with van der Waals surface area (Å²) in [7, 11) is 0. The fourth-order valence-electron chi connectivity index (χ4n) is 3.28. The summed E-state index contributed by atoms with van der Waals surface area (Å²) in [6.45, 7) is 0. The van der Waals surface area contributed by atoms with Gasteiger partial charge >= 0.3 is 0 Å². The Morgan fingerprint density at radius 3 is 1.77 bits per heavy atom. The second kappa shape index (κ2) is 9.78. The number of hydrogen-bond acceptors (Lipinski definition) is 1. The lowest BCUT2D eigenvalue weighted by Gasteiger charge is -2.09. The van der Waals surface area contributed by atoms with Gasteiger partial charge in [0.15, 0.2) is 0 Å². The average molecular weight is 408 g/mol. The summed E-state index contributed by atoms with van der Waals surface area (Å²) in [5.74, 6) is 0. The highest BCUT2D eigenvalue weighted by molar-refractivity contribution is 6.30. The van der Waals surface area contributed by atoms with Crippen LogP contribution in [0.5, 0.6) is 0 Å². The number of fused-ring (bicyclic) bond motifs is 1. The molecule has 5 rings (SSSR count). The molecule has 0 radical (unpaired) electrons. The number of benzene rings is 5. The molecule has 5 aromatic rings.